The molecule has 224 valence electrons. The number of ether oxygens (including phenoxy) is 2. The zero-order valence-corrected chi connectivity index (χ0v) is 25.4. The molecule has 40 heavy (non-hydrogen) atoms. The number of carbonyl (C=O) groups is 2. The Bertz CT molecular complexity index is 927. The number of carboxylic acids is 1. The van der Waals surface area contributed by atoms with Crippen LogP contribution in [-0.4, -0.2) is 47.4 Å². The van der Waals surface area contributed by atoms with Crippen molar-refractivity contribution in [1.29, 1.82) is 0 Å². The van der Waals surface area contributed by atoms with Crippen LogP contribution in [0.25, 0.3) is 0 Å². The van der Waals surface area contributed by atoms with Crippen molar-refractivity contribution in [3.63, 3.8) is 0 Å². The van der Waals surface area contributed by atoms with Gasteiger partial charge in [0.2, 0.25) is 0 Å². The summed E-state index contributed by atoms with van der Waals surface area (Å²) < 4.78 is 10.5. The first-order valence-corrected chi connectivity index (χ1v) is 13.3. The molecule has 1 rings (SSSR count). The Kier molecular flexibility index (Phi) is 27.2. The van der Waals surface area contributed by atoms with Crippen LogP contribution in [0.2, 0.25) is 0 Å². The van der Waals surface area contributed by atoms with Gasteiger partial charge >= 0.3 is 5.97 Å². The lowest BCUT2D eigenvalue weighted by Crippen LogP contribution is -2.37. The number of aliphatic hydroxyl groups is 1. The molecule has 7 heteroatoms. The quantitative estimate of drug-likeness (QED) is 0.130. The Labute approximate surface area is 242 Å². The molecule has 0 radical (unpaired) electrons. The van der Waals surface area contributed by atoms with Gasteiger partial charge in [-0.2, -0.15) is 0 Å². The molecule has 1 unspecified atom stereocenters. The molecule has 0 saturated heterocycles. The average molecular weight is 558 g/mol. The first-order chi connectivity index (χ1) is 19.0. The SMILES string of the molecule is C=C.C=C/C=C\C(=C/C)OCC=C.CC/C=C(/C)CC.CCNC(=O)COc1ccc(CC(C)(O)C(=O)O)cc1. The highest BCUT2D eigenvalue weighted by molar-refractivity contribution is 5.77. The molecule has 0 fully saturated rings. The number of nitrogens with one attached hydrogen (secondary N) is 1. The van der Waals surface area contributed by atoms with Crippen molar-refractivity contribution in [3.8, 4) is 5.75 Å². The van der Waals surface area contributed by atoms with E-state index in [4.69, 9.17) is 14.6 Å². The summed E-state index contributed by atoms with van der Waals surface area (Å²) in [4.78, 5) is 22.0. The highest BCUT2D eigenvalue weighted by Crippen LogP contribution is 2.17. The van der Waals surface area contributed by atoms with Crippen molar-refractivity contribution >= 4 is 11.9 Å². The van der Waals surface area contributed by atoms with Crippen molar-refractivity contribution in [2.45, 2.75) is 66.4 Å². The third kappa shape index (κ3) is 23.3. The highest BCUT2D eigenvalue weighted by atomic mass is 16.5. The number of amides is 1. The molecule has 1 atom stereocenters. The minimum absolute atomic E-state index is 0.00106. The number of likely N-dealkylation sites (N-methyl/N-ethyl adjacent to an activating group) is 1. The van der Waals surface area contributed by atoms with E-state index in [9.17, 15) is 14.7 Å². The van der Waals surface area contributed by atoms with Crippen molar-refractivity contribution in [1.82, 2.24) is 5.32 Å². The predicted molar refractivity (Wildman–Crippen MR) is 167 cm³/mol. The minimum atomic E-state index is -1.80. The van der Waals surface area contributed by atoms with E-state index in [1.165, 1.54) is 25.3 Å². The fourth-order valence-electron chi connectivity index (χ4n) is 2.61. The average Bonchev–Trinajstić information content (AvgIpc) is 2.94. The number of allylic oxidation sites excluding steroid dienone is 6. The number of benzene rings is 1. The van der Waals surface area contributed by atoms with E-state index in [2.05, 4.69) is 58.5 Å². The number of carbonyl (C=O) groups excluding carboxylic acids is 1. The van der Waals surface area contributed by atoms with Crippen molar-refractivity contribution in [3.05, 3.63) is 104 Å². The van der Waals surface area contributed by atoms with Gasteiger partial charge in [-0.1, -0.05) is 69.0 Å². The lowest BCUT2D eigenvalue weighted by molar-refractivity contribution is -0.156. The van der Waals surface area contributed by atoms with E-state index in [0.717, 1.165) is 5.76 Å². The van der Waals surface area contributed by atoms with Crippen LogP contribution >= 0.6 is 0 Å². The van der Waals surface area contributed by atoms with Gasteiger partial charge in [0.05, 0.1) is 0 Å². The first-order valence-electron chi connectivity index (χ1n) is 13.3. The zero-order valence-electron chi connectivity index (χ0n) is 25.4. The summed E-state index contributed by atoms with van der Waals surface area (Å²) in [5.41, 5.74) is 0.369. The fourth-order valence-corrected chi connectivity index (χ4v) is 2.61. The molecule has 0 aliphatic carbocycles. The Morgan fingerprint density at radius 3 is 2.10 bits per heavy atom. The third-order valence-corrected chi connectivity index (χ3v) is 4.84. The van der Waals surface area contributed by atoms with Crippen LogP contribution in [0.5, 0.6) is 5.75 Å². The molecule has 0 aliphatic rings. The van der Waals surface area contributed by atoms with Crippen molar-refractivity contribution in [2.24, 2.45) is 0 Å². The number of aliphatic carboxylic acids is 1. The number of rotatable bonds is 14. The Morgan fingerprint density at radius 2 is 1.70 bits per heavy atom. The second-order valence-electron chi connectivity index (χ2n) is 8.34. The monoisotopic (exact) mass is 557 g/mol. The Hall–Kier alpha value is -3.84. The van der Waals surface area contributed by atoms with Crippen LogP contribution in [0.15, 0.2) is 98.4 Å². The lowest BCUT2D eigenvalue weighted by atomic mass is 9.97. The molecule has 1 aromatic carbocycles. The summed E-state index contributed by atoms with van der Waals surface area (Å²) in [6.45, 7) is 25.6. The standard InChI is InChI=1S/C14H19NO5.C10H14O.C7H14.C2H4/c1-3-15-12(16)9-20-11-6-4-10(5-7-11)8-14(2,19)13(17)18;1-4-7-8-10(6-3)11-9-5-2;1-4-6-7(3)5-2;1-2/h4-7,19H,3,8-9H2,1-2H3,(H,15,16)(H,17,18);4-8H,1-2,9H2,3H3;6H,4-5H2,1-3H3;1-2H2/b;8-7-,10-6+;7-6-;. The maximum atomic E-state index is 11.2. The van der Waals surface area contributed by atoms with Crippen molar-refractivity contribution in [2.75, 3.05) is 19.8 Å². The van der Waals surface area contributed by atoms with Crippen LogP contribution in [0, 0.1) is 0 Å². The smallest absolute Gasteiger partial charge is 0.335 e. The number of hydrogen-bond donors (Lipinski definition) is 3. The van der Waals surface area contributed by atoms with Gasteiger partial charge < -0.3 is 25.0 Å². The summed E-state index contributed by atoms with van der Waals surface area (Å²) in [6, 6.07) is 6.58. The molecular formula is C33H51NO6. The van der Waals surface area contributed by atoms with Gasteiger partial charge in [-0.3, -0.25) is 4.79 Å². The number of carboxylic acid groups (broad SMARTS) is 1. The summed E-state index contributed by atoms with van der Waals surface area (Å²) in [5, 5.41) is 21.1. The van der Waals surface area contributed by atoms with E-state index >= 15 is 0 Å². The molecule has 0 saturated carbocycles. The Balaban J connectivity index is -0.000000575. The van der Waals surface area contributed by atoms with E-state index in [1.807, 2.05) is 32.1 Å². The first kappa shape index (κ1) is 40.7. The third-order valence-electron chi connectivity index (χ3n) is 4.84. The molecule has 0 aromatic heterocycles. The van der Waals surface area contributed by atoms with Gasteiger partial charge in [0.25, 0.3) is 5.91 Å². The zero-order chi connectivity index (χ0) is 31.4. The van der Waals surface area contributed by atoms with Gasteiger partial charge in [-0.05, 0) is 70.4 Å². The second-order valence-corrected chi connectivity index (χ2v) is 8.34. The summed E-state index contributed by atoms with van der Waals surface area (Å²) in [7, 11) is 0. The molecule has 1 aromatic rings. The van der Waals surface area contributed by atoms with Crippen LogP contribution in [0.4, 0.5) is 0 Å². The molecule has 0 aliphatic heterocycles. The van der Waals surface area contributed by atoms with E-state index in [-0.39, 0.29) is 18.9 Å². The molecule has 0 spiro atoms. The molecular weight excluding hydrogens is 506 g/mol. The van der Waals surface area contributed by atoms with E-state index < -0.39 is 11.6 Å². The fraction of sp³-hybridized carbons (Fsp3) is 0.394. The van der Waals surface area contributed by atoms with Gasteiger partial charge in [0.1, 0.15) is 18.1 Å². The van der Waals surface area contributed by atoms with Crippen LogP contribution in [0.1, 0.15) is 59.9 Å². The van der Waals surface area contributed by atoms with Gasteiger partial charge in [-0.15, -0.1) is 13.2 Å². The van der Waals surface area contributed by atoms with Crippen molar-refractivity contribution < 1.29 is 29.3 Å². The largest absolute Gasteiger partial charge is 0.490 e. The molecule has 7 nitrogen and oxygen atoms in total. The second kappa shape index (κ2) is 26.8. The summed E-state index contributed by atoms with van der Waals surface area (Å²) >= 11 is 0. The van der Waals surface area contributed by atoms with E-state index in [0.29, 0.717) is 24.5 Å². The summed E-state index contributed by atoms with van der Waals surface area (Å²) in [6.07, 6.45) is 13.6. The molecule has 0 bridgehead atoms. The van der Waals surface area contributed by atoms with Gasteiger partial charge in [0.15, 0.2) is 12.2 Å². The van der Waals surface area contributed by atoms with Crippen LogP contribution < -0.4 is 10.1 Å². The molecule has 3 N–H and O–H groups in total. The van der Waals surface area contributed by atoms with Gasteiger partial charge in [0, 0.05) is 13.0 Å². The normalized spacial score (nSPS) is 12.1. The Morgan fingerprint density at radius 1 is 1.10 bits per heavy atom. The lowest BCUT2D eigenvalue weighted by Gasteiger charge is -2.17. The molecule has 1 amide bonds. The molecule has 0 heterocycles. The maximum absolute atomic E-state index is 11.2. The summed E-state index contributed by atoms with van der Waals surface area (Å²) in [5.74, 6) is -0.126. The number of hydrogen-bond acceptors (Lipinski definition) is 5. The topological polar surface area (TPSA) is 105 Å². The highest BCUT2D eigenvalue weighted by Gasteiger charge is 2.29. The van der Waals surface area contributed by atoms with Gasteiger partial charge in [-0.25, -0.2) is 4.79 Å². The predicted octanol–water partition coefficient (Wildman–Crippen LogP) is 6.97. The van der Waals surface area contributed by atoms with E-state index in [1.54, 1.807) is 36.4 Å². The van der Waals surface area contributed by atoms with Crippen LogP contribution in [-0.2, 0) is 20.7 Å². The minimum Gasteiger partial charge on any atom is -0.490 e. The maximum Gasteiger partial charge on any atom is 0.335 e. The van der Waals surface area contributed by atoms with Crippen LogP contribution in [0.3, 0.4) is 0 Å².